The predicted molar refractivity (Wildman–Crippen MR) is 243 cm³/mol. The zero-order valence-electron chi connectivity index (χ0n) is 36.7. The van der Waals surface area contributed by atoms with E-state index >= 15 is 0 Å². The lowest BCUT2D eigenvalue weighted by Gasteiger charge is -2.50. The first-order valence-electron chi connectivity index (χ1n) is 22.9. The number of methoxy groups -OCH3 is 1. The number of carbonyl (C=O) groups excluding carboxylic acids is 6. The molecule has 4 aromatic carbocycles. The number of nitrogens with zero attached hydrogens (tertiary/aromatic N) is 4. The number of hydrogen-bond acceptors (Lipinski definition) is 9. The number of rotatable bonds is 13. The third-order valence-corrected chi connectivity index (χ3v) is 14.7. The minimum absolute atomic E-state index is 0.0567. The molecule has 334 valence electrons. The number of piperidine rings is 1. The lowest BCUT2D eigenvalue weighted by Crippen LogP contribution is -2.61. The third kappa shape index (κ3) is 6.07. The van der Waals surface area contributed by atoms with Crippen LogP contribution in [0.25, 0.3) is 43.6 Å². The summed E-state index contributed by atoms with van der Waals surface area (Å²) >= 11 is 0. The number of unbranched alkanes of at least 4 members (excludes halogenated alkanes) is 5. The van der Waals surface area contributed by atoms with Crippen LogP contribution in [0.2, 0.25) is 0 Å². The number of amides is 6. The second-order valence-corrected chi connectivity index (χ2v) is 18.3. The molecule has 2 aromatic heterocycles. The molecule has 2 fully saturated rings. The van der Waals surface area contributed by atoms with Gasteiger partial charge in [0, 0.05) is 73.7 Å². The number of imide groups is 2. The average Bonchev–Trinajstić information content (AvgIpc) is 4.02. The van der Waals surface area contributed by atoms with Crippen LogP contribution >= 0.6 is 0 Å². The molecule has 0 saturated carbocycles. The minimum atomic E-state index is -1.02. The Morgan fingerprint density at radius 3 is 2.35 bits per heavy atom. The first kappa shape index (κ1) is 41.1. The molecule has 6 amide bonds. The number of ether oxygens (including phenoxy) is 2. The maximum absolute atomic E-state index is 14.2. The van der Waals surface area contributed by atoms with Crippen molar-refractivity contribution < 1.29 is 38.2 Å². The van der Waals surface area contributed by atoms with Crippen molar-refractivity contribution in [1.29, 1.82) is 0 Å². The van der Waals surface area contributed by atoms with Crippen molar-refractivity contribution in [2.75, 3.05) is 26.0 Å². The zero-order chi connectivity index (χ0) is 44.9. The summed E-state index contributed by atoms with van der Waals surface area (Å²) in [7, 11) is 3.60. The lowest BCUT2D eigenvalue weighted by molar-refractivity contribution is -0.266. The molecule has 5 aliphatic heterocycles. The van der Waals surface area contributed by atoms with Gasteiger partial charge in [0.15, 0.2) is 5.72 Å². The van der Waals surface area contributed by atoms with Crippen molar-refractivity contribution in [3.05, 3.63) is 89.0 Å². The van der Waals surface area contributed by atoms with Crippen LogP contribution in [0.3, 0.4) is 0 Å². The summed E-state index contributed by atoms with van der Waals surface area (Å²) in [5, 5.41) is 12.7. The SMILES string of the molecule is CO[C@@H]1[C@H](N(C)C(=O)CCCCCCCCNc2cccc3c2C(=O)N(C2CCC(=O)NC2=O)C3=O)C[C@H]2O[C@]1(C)n1c3ccccc3c3c4c(c5c6ccccc6n2c5c31)C(=O)NC4. The summed E-state index contributed by atoms with van der Waals surface area (Å²) < 4.78 is 18.3. The smallest absolute Gasteiger partial charge is 0.264 e. The van der Waals surface area contributed by atoms with Crippen molar-refractivity contribution in [2.24, 2.45) is 0 Å². The zero-order valence-corrected chi connectivity index (χ0v) is 36.7. The van der Waals surface area contributed by atoms with Crippen molar-refractivity contribution in [3.63, 3.8) is 0 Å². The van der Waals surface area contributed by atoms with Crippen LogP contribution in [0.4, 0.5) is 5.69 Å². The van der Waals surface area contributed by atoms with Gasteiger partial charge in [0.2, 0.25) is 17.7 Å². The Morgan fingerprint density at radius 1 is 0.862 bits per heavy atom. The fourth-order valence-corrected chi connectivity index (χ4v) is 11.7. The summed E-state index contributed by atoms with van der Waals surface area (Å²) in [5.41, 5.74) is 5.72. The van der Waals surface area contributed by atoms with Crippen LogP contribution in [0.1, 0.15) is 114 Å². The van der Waals surface area contributed by atoms with Gasteiger partial charge >= 0.3 is 0 Å². The highest BCUT2D eigenvalue weighted by Crippen LogP contribution is 2.54. The van der Waals surface area contributed by atoms with Gasteiger partial charge in [-0.2, -0.15) is 0 Å². The predicted octanol–water partition coefficient (Wildman–Crippen LogP) is 6.84. The van der Waals surface area contributed by atoms with Gasteiger partial charge in [-0.25, -0.2) is 0 Å². The van der Waals surface area contributed by atoms with Gasteiger partial charge < -0.3 is 34.1 Å². The standard InChI is InChI=1S/C50H51N7O8/c1-50-45(64-3)35(25-38(65-50)55-32-19-11-9-15-27(32)41-42-30(26-52-47(42)61)39-28-16-10-12-20-33(28)57(50)44(39)43(41)55)54(2)37(59)21-8-6-4-5-7-13-24-51-31-18-14-17-29-40(31)49(63)56(48(29)62)34-22-23-36(58)53-46(34)60/h9-12,14-20,34-35,38,45,51H,4-8,13,21-26H2,1-3H3,(H,52,61)(H,53,58,60)/t34?,35-,38-,45-,50+/m1/s1. The highest BCUT2D eigenvalue weighted by atomic mass is 16.6. The number of benzene rings is 4. The Balaban J connectivity index is 0.752. The number of anilines is 1. The highest BCUT2D eigenvalue weighted by molar-refractivity contribution is 6.31. The van der Waals surface area contributed by atoms with E-state index in [4.69, 9.17) is 9.47 Å². The number of carbonyl (C=O) groups is 6. The molecule has 0 spiro atoms. The van der Waals surface area contributed by atoms with Crippen LogP contribution < -0.4 is 16.0 Å². The molecule has 7 heterocycles. The van der Waals surface area contributed by atoms with Crippen LogP contribution in [-0.4, -0.2) is 93.3 Å². The molecule has 65 heavy (non-hydrogen) atoms. The second kappa shape index (κ2) is 15.5. The average molecular weight is 878 g/mol. The first-order valence-corrected chi connectivity index (χ1v) is 22.9. The Hall–Kier alpha value is -6.58. The van der Waals surface area contributed by atoms with Gasteiger partial charge in [-0.3, -0.25) is 39.0 Å². The van der Waals surface area contributed by atoms with Gasteiger partial charge in [-0.15, -0.1) is 0 Å². The highest BCUT2D eigenvalue weighted by Gasteiger charge is 2.55. The molecule has 2 saturated heterocycles. The molecule has 5 aliphatic rings. The van der Waals surface area contributed by atoms with Gasteiger partial charge in [0.25, 0.3) is 17.7 Å². The minimum Gasteiger partial charge on any atom is -0.384 e. The second-order valence-electron chi connectivity index (χ2n) is 18.3. The van der Waals surface area contributed by atoms with Gasteiger partial charge in [-0.1, -0.05) is 68.1 Å². The van der Waals surface area contributed by atoms with Crippen LogP contribution in [0.15, 0.2) is 66.7 Å². The van der Waals surface area contributed by atoms with Crippen LogP contribution in [-0.2, 0) is 36.1 Å². The summed E-state index contributed by atoms with van der Waals surface area (Å²) in [4.78, 5) is 81.6. The largest absolute Gasteiger partial charge is 0.384 e. The summed E-state index contributed by atoms with van der Waals surface area (Å²) in [5.74, 6) is -2.10. The van der Waals surface area contributed by atoms with E-state index in [9.17, 15) is 28.8 Å². The first-order chi connectivity index (χ1) is 31.5. The maximum atomic E-state index is 14.2. The number of nitrogens with one attached hydrogen (secondary N) is 3. The Morgan fingerprint density at radius 2 is 1.58 bits per heavy atom. The monoisotopic (exact) mass is 877 g/mol. The molecule has 1 unspecified atom stereocenters. The van der Waals surface area contributed by atoms with Crippen molar-refractivity contribution >= 4 is 84.7 Å². The number of likely N-dealkylation sites (N-methyl/N-ethyl adjacent to an activating group) is 1. The van der Waals surface area contributed by atoms with Crippen molar-refractivity contribution in [3.8, 4) is 0 Å². The molecule has 5 atom stereocenters. The number of hydrogen-bond donors (Lipinski definition) is 3. The fraction of sp³-hybridized carbons (Fsp3) is 0.400. The molecule has 15 heteroatoms. The number of fused-ring (bicyclic) bond motifs is 14. The van der Waals surface area contributed by atoms with E-state index in [-0.39, 0.29) is 41.8 Å². The van der Waals surface area contributed by atoms with Crippen LogP contribution in [0, 0.1) is 0 Å². The molecule has 3 N–H and O–H groups in total. The Labute approximate surface area is 374 Å². The molecule has 11 rings (SSSR count). The topological polar surface area (TPSA) is 173 Å². The number of aromatic nitrogens is 2. The van der Waals surface area contributed by atoms with E-state index in [1.165, 1.54) is 0 Å². The lowest BCUT2D eigenvalue weighted by atomic mass is 9.91. The molecule has 0 aliphatic carbocycles. The van der Waals surface area contributed by atoms with E-state index in [1.54, 1.807) is 25.3 Å². The normalized spacial score (nSPS) is 23.4. The molecule has 2 bridgehead atoms. The summed E-state index contributed by atoms with van der Waals surface area (Å²) in [6.45, 7) is 3.13. The van der Waals surface area contributed by atoms with E-state index in [0.717, 1.165) is 98.2 Å². The van der Waals surface area contributed by atoms with Crippen molar-refractivity contribution in [2.45, 2.75) is 108 Å². The molecule has 6 aromatic rings. The summed E-state index contributed by atoms with van der Waals surface area (Å²) in [6, 6.07) is 20.3. The Kier molecular flexibility index (Phi) is 9.84. The van der Waals surface area contributed by atoms with E-state index in [2.05, 4.69) is 56.3 Å². The summed E-state index contributed by atoms with van der Waals surface area (Å²) in [6.07, 6.45) is 5.52. The Bertz CT molecular complexity index is 3060. The van der Waals surface area contributed by atoms with Crippen molar-refractivity contribution in [1.82, 2.24) is 29.6 Å². The fourth-order valence-electron chi connectivity index (χ4n) is 11.7. The van der Waals surface area contributed by atoms with Gasteiger partial charge in [0.05, 0.1) is 44.8 Å². The third-order valence-electron chi connectivity index (χ3n) is 14.7. The maximum Gasteiger partial charge on any atom is 0.264 e. The molecule has 0 radical (unpaired) electrons. The van der Waals surface area contributed by atoms with E-state index in [1.807, 2.05) is 36.2 Å². The van der Waals surface area contributed by atoms with E-state index in [0.29, 0.717) is 31.6 Å². The van der Waals surface area contributed by atoms with E-state index < -0.39 is 47.7 Å². The molecular weight excluding hydrogens is 827 g/mol. The van der Waals surface area contributed by atoms with Gasteiger partial charge in [-0.05, 0) is 56.0 Å². The molecular formula is C50H51N7O8. The molecule has 15 nitrogen and oxygen atoms in total. The quantitative estimate of drug-likeness (QED) is 0.0830. The van der Waals surface area contributed by atoms with Gasteiger partial charge in [0.1, 0.15) is 18.4 Å². The number of para-hydroxylation sites is 2. The van der Waals surface area contributed by atoms with Crippen LogP contribution in [0.5, 0.6) is 0 Å².